The van der Waals surface area contributed by atoms with E-state index >= 15 is 0 Å². The zero-order valence-electron chi connectivity index (χ0n) is 10.8. The van der Waals surface area contributed by atoms with Gasteiger partial charge in [0, 0.05) is 18.0 Å². The zero-order chi connectivity index (χ0) is 15.7. The molecule has 2 atom stereocenters. The second kappa shape index (κ2) is 5.78. The van der Waals surface area contributed by atoms with E-state index < -0.39 is 33.7 Å². The van der Waals surface area contributed by atoms with Gasteiger partial charge in [0.2, 0.25) is 0 Å². The third-order valence-corrected chi connectivity index (χ3v) is 4.50. The molecule has 1 aromatic carbocycles. The van der Waals surface area contributed by atoms with Crippen LogP contribution in [0.1, 0.15) is 17.2 Å². The highest BCUT2D eigenvalue weighted by molar-refractivity contribution is 7.94. The van der Waals surface area contributed by atoms with Gasteiger partial charge in [0.05, 0.1) is 17.4 Å². The molecular formula is C13H14F3NO3S. The Morgan fingerprint density at radius 1 is 1.38 bits per heavy atom. The maximum Gasteiger partial charge on any atom is 0.416 e. The molecule has 0 fully saturated rings. The van der Waals surface area contributed by atoms with Crippen molar-refractivity contribution in [3.8, 4) is 0 Å². The number of benzene rings is 1. The van der Waals surface area contributed by atoms with Crippen LogP contribution in [-0.2, 0) is 16.0 Å². The summed E-state index contributed by atoms with van der Waals surface area (Å²) in [7, 11) is -3.21. The van der Waals surface area contributed by atoms with Gasteiger partial charge >= 0.3 is 6.18 Å². The predicted octanol–water partition coefficient (Wildman–Crippen LogP) is 1.64. The molecule has 2 N–H and O–H groups in total. The molecular weight excluding hydrogens is 307 g/mol. The van der Waals surface area contributed by atoms with Gasteiger partial charge in [-0.05, 0) is 17.7 Å². The fraction of sp³-hybridized carbons (Fsp3) is 0.385. The van der Waals surface area contributed by atoms with Crippen molar-refractivity contribution in [3.63, 3.8) is 0 Å². The van der Waals surface area contributed by atoms with E-state index in [2.05, 4.69) is 5.32 Å². The van der Waals surface area contributed by atoms with E-state index in [0.717, 1.165) is 17.5 Å². The van der Waals surface area contributed by atoms with E-state index in [9.17, 15) is 26.7 Å². The normalized spacial score (nSPS) is 22.4. The summed E-state index contributed by atoms with van der Waals surface area (Å²) < 4.78 is 60.1. The molecule has 2 rings (SSSR count). The summed E-state index contributed by atoms with van der Waals surface area (Å²) in [6, 6.07) is 3.99. The van der Waals surface area contributed by atoms with Crippen LogP contribution < -0.4 is 5.32 Å². The summed E-state index contributed by atoms with van der Waals surface area (Å²) in [5, 5.41) is 13.8. The summed E-state index contributed by atoms with van der Waals surface area (Å²) in [4.78, 5) is 0. The van der Waals surface area contributed by atoms with Gasteiger partial charge in [0.25, 0.3) is 0 Å². The molecule has 0 spiro atoms. The summed E-state index contributed by atoms with van der Waals surface area (Å²) >= 11 is 0. The maximum atomic E-state index is 12.6. The number of hydrogen-bond donors (Lipinski definition) is 2. The van der Waals surface area contributed by atoms with Crippen molar-refractivity contribution >= 4 is 9.84 Å². The van der Waals surface area contributed by atoms with Crippen LogP contribution in [-0.4, -0.2) is 31.9 Å². The molecule has 0 amide bonds. The molecule has 0 saturated heterocycles. The first-order chi connectivity index (χ1) is 9.67. The predicted molar refractivity (Wildman–Crippen MR) is 71.1 cm³/mol. The van der Waals surface area contributed by atoms with Crippen LogP contribution in [0.3, 0.4) is 0 Å². The Labute approximate surface area is 120 Å². The SMILES string of the molecule is O=S1(=O)C=CC(NCC(O)c2cccc(C(F)(F)F)c2)C1. The molecule has 0 radical (unpaired) electrons. The van der Waals surface area contributed by atoms with Gasteiger partial charge in [-0.2, -0.15) is 13.2 Å². The second-order valence-electron chi connectivity index (χ2n) is 4.81. The van der Waals surface area contributed by atoms with Crippen LogP contribution in [0.2, 0.25) is 0 Å². The highest BCUT2D eigenvalue weighted by atomic mass is 32.2. The summed E-state index contributed by atoms with van der Waals surface area (Å²) in [6.45, 7) is -0.0359. The molecule has 1 aliphatic heterocycles. The van der Waals surface area contributed by atoms with E-state index in [1.165, 1.54) is 18.2 Å². The highest BCUT2D eigenvalue weighted by Crippen LogP contribution is 2.30. The van der Waals surface area contributed by atoms with Gasteiger partial charge in [-0.25, -0.2) is 8.42 Å². The van der Waals surface area contributed by atoms with Crippen LogP contribution in [0, 0.1) is 0 Å². The topological polar surface area (TPSA) is 66.4 Å². The average molecular weight is 321 g/mol. The minimum atomic E-state index is -4.47. The minimum Gasteiger partial charge on any atom is -0.387 e. The van der Waals surface area contributed by atoms with E-state index in [0.29, 0.717) is 0 Å². The zero-order valence-corrected chi connectivity index (χ0v) is 11.7. The fourth-order valence-corrected chi connectivity index (χ4v) is 3.28. The Morgan fingerprint density at radius 2 is 2.10 bits per heavy atom. The van der Waals surface area contributed by atoms with Gasteiger partial charge in [0.15, 0.2) is 9.84 Å². The van der Waals surface area contributed by atoms with Crippen molar-refractivity contribution in [1.29, 1.82) is 0 Å². The third kappa shape index (κ3) is 4.29. The molecule has 0 saturated carbocycles. The van der Waals surface area contributed by atoms with Crippen LogP contribution in [0.4, 0.5) is 13.2 Å². The molecule has 8 heteroatoms. The number of sulfone groups is 1. The lowest BCUT2D eigenvalue weighted by molar-refractivity contribution is -0.137. The average Bonchev–Trinajstić information content (AvgIpc) is 2.75. The molecule has 0 aliphatic carbocycles. The number of halogens is 3. The number of aliphatic hydroxyl groups excluding tert-OH is 1. The monoisotopic (exact) mass is 321 g/mol. The first-order valence-electron chi connectivity index (χ1n) is 6.17. The number of nitrogens with one attached hydrogen (secondary N) is 1. The van der Waals surface area contributed by atoms with Gasteiger partial charge in [0.1, 0.15) is 0 Å². The van der Waals surface area contributed by atoms with Crippen LogP contribution in [0.15, 0.2) is 35.7 Å². The largest absolute Gasteiger partial charge is 0.416 e. The van der Waals surface area contributed by atoms with Gasteiger partial charge in [-0.15, -0.1) is 0 Å². The molecule has 1 aliphatic rings. The number of alkyl halides is 3. The van der Waals surface area contributed by atoms with Gasteiger partial charge < -0.3 is 10.4 Å². The quantitative estimate of drug-likeness (QED) is 0.885. The third-order valence-electron chi connectivity index (χ3n) is 3.10. The van der Waals surface area contributed by atoms with Crippen LogP contribution >= 0.6 is 0 Å². The smallest absolute Gasteiger partial charge is 0.387 e. The van der Waals surface area contributed by atoms with E-state index in [1.807, 2.05) is 0 Å². The number of hydrogen-bond acceptors (Lipinski definition) is 4. The Kier molecular flexibility index (Phi) is 4.40. The molecule has 21 heavy (non-hydrogen) atoms. The molecule has 4 nitrogen and oxygen atoms in total. The first kappa shape index (κ1) is 16.0. The summed E-state index contributed by atoms with van der Waals surface area (Å²) in [6.07, 6.45) is -4.16. The maximum absolute atomic E-state index is 12.6. The van der Waals surface area contributed by atoms with Crippen LogP contribution in [0.25, 0.3) is 0 Å². The molecule has 1 aromatic rings. The van der Waals surface area contributed by atoms with Crippen molar-refractivity contribution in [2.24, 2.45) is 0 Å². The van der Waals surface area contributed by atoms with Crippen LogP contribution in [0.5, 0.6) is 0 Å². The molecule has 116 valence electrons. The van der Waals surface area contributed by atoms with Gasteiger partial charge in [-0.1, -0.05) is 18.2 Å². The highest BCUT2D eigenvalue weighted by Gasteiger charge is 2.31. The second-order valence-corrected chi connectivity index (χ2v) is 6.74. The van der Waals surface area contributed by atoms with Gasteiger partial charge in [-0.3, -0.25) is 0 Å². The van der Waals surface area contributed by atoms with E-state index in [-0.39, 0.29) is 17.9 Å². The molecule has 0 bridgehead atoms. The Balaban J connectivity index is 1.98. The van der Waals surface area contributed by atoms with Crippen molar-refractivity contribution in [2.45, 2.75) is 18.3 Å². The molecule has 1 heterocycles. The minimum absolute atomic E-state index is 0.0359. The Morgan fingerprint density at radius 3 is 2.67 bits per heavy atom. The number of aliphatic hydroxyl groups is 1. The molecule has 0 aromatic heterocycles. The lowest BCUT2D eigenvalue weighted by Crippen LogP contribution is -2.33. The van der Waals surface area contributed by atoms with Crippen molar-refractivity contribution in [3.05, 3.63) is 46.9 Å². The lowest BCUT2D eigenvalue weighted by Gasteiger charge is -2.16. The lowest BCUT2D eigenvalue weighted by atomic mass is 10.1. The summed E-state index contributed by atoms with van der Waals surface area (Å²) in [5.41, 5.74) is -0.704. The van der Waals surface area contributed by atoms with Crippen molar-refractivity contribution < 1.29 is 26.7 Å². The van der Waals surface area contributed by atoms with Crippen molar-refractivity contribution in [2.75, 3.05) is 12.3 Å². The standard InChI is InChI=1S/C13H14F3NO3S/c14-13(15,16)10-3-1-2-9(6-10)12(18)7-17-11-4-5-21(19,20)8-11/h1-6,11-12,17-18H,7-8H2. The fourth-order valence-electron chi connectivity index (χ4n) is 2.01. The molecule has 2 unspecified atom stereocenters. The van der Waals surface area contributed by atoms with E-state index in [1.54, 1.807) is 0 Å². The first-order valence-corrected chi connectivity index (χ1v) is 7.88. The van der Waals surface area contributed by atoms with Crippen molar-refractivity contribution in [1.82, 2.24) is 5.32 Å². The summed E-state index contributed by atoms with van der Waals surface area (Å²) in [5.74, 6) is -0.109. The Hall–Kier alpha value is -1.38. The Bertz CT molecular complexity index is 640. The van der Waals surface area contributed by atoms with E-state index in [4.69, 9.17) is 0 Å². The number of rotatable bonds is 4.